The largest absolute Gasteiger partial charge is 0.381 e. The van der Waals surface area contributed by atoms with Crippen LogP contribution in [0.25, 0.3) is 0 Å². The van der Waals surface area contributed by atoms with Crippen molar-refractivity contribution in [2.24, 2.45) is 0 Å². The van der Waals surface area contributed by atoms with Crippen LogP contribution in [0.5, 0.6) is 0 Å². The van der Waals surface area contributed by atoms with Crippen molar-refractivity contribution in [1.29, 1.82) is 0 Å². The summed E-state index contributed by atoms with van der Waals surface area (Å²) in [7, 11) is 0. The normalized spacial score (nSPS) is 18.4. The second kappa shape index (κ2) is 5.02. The van der Waals surface area contributed by atoms with Crippen molar-refractivity contribution in [1.82, 2.24) is 0 Å². The molecule has 0 bridgehead atoms. The zero-order valence-corrected chi connectivity index (χ0v) is 11.6. The SMILES string of the molecule is CC(O)(c1ccccc1F)c1ccccc1C1CCC1. The molecule has 1 saturated carbocycles. The van der Waals surface area contributed by atoms with E-state index in [1.807, 2.05) is 18.2 Å². The monoisotopic (exact) mass is 270 g/mol. The molecule has 0 heterocycles. The van der Waals surface area contributed by atoms with Gasteiger partial charge in [0.25, 0.3) is 0 Å². The number of benzene rings is 2. The van der Waals surface area contributed by atoms with Gasteiger partial charge in [0, 0.05) is 5.56 Å². The molecule has 1 aliphatic carbocycles. The first-order valence-corrected chi connectivity index (χ1v) is 7.17. The summed E-state index contributed by atoms with van der Waals surface area (Å²) in [5.41, 5.74) is 1.03. The highest BCUT2D eigenvalue weighted by Gasteiger charge is 2.33. The Morgan fingerprint density at radius 1 is 1.00 bits per heavy atom. The molecule has 2 heteroatoms. The van der Waals surface area contributed by atoms with E-state index in [4.69, 9.17) is 0 Å². The highest BCUT2D eigenvalue weighted by molar-refractivity contribution is 5.42. The Hall–Kier alpha value is -1.67. The average Bonchev–Trinajstić information content (AvgIpc) is 2.37. The molecule has 0 aliphatic heterocycles. The summed E-state index contributed by atoms with van der Waals surface area (Å²) in [4.78, 5) is 0. The second-order valence-corrected chi connectivity index (χ2v) is 5.77. The van der Waals surface area contributed by atoms with Crippen LogP contribution in [0.3, 0.4) is 0 Å². The molecule has 0 spiro atoms. The Morgan fingerprint density at radius 3 is 2.20 bits per heavy atom. The summed E-state index contributed by atoms with van der Waals surface area (Å²) in [6.45, 7) is 1.68. The van der Waals surface area contributed by atoms with Crippen molar-refractivity contribution in [3.63, 3.8) is 0 Å². The Labute approximate surface area is 119 Å². The summed E-state index contributed by atoms with van der Waals surface area (Å²) in [6.07, 6.45) is 3.55. The first-order chi connectivity index (χ1) is 9.60. The molecule has 0 amide bonds. The fourth-order valence-corrected chi connectivity index (χ4v) is 3.02. The predicted molar refractivity (Wildman–Crippen MR) is 78.1 cm³/mol. The number of rotatable bonds is 3. The van der Waals surface area contributed by atoms with Gasteiger partial charge >= 0.3 is 0 Å². The van der Waals surface area contributed by atoms with Gasteiger partial charge in [0.05, 0.1) is 0 Å². The third-order valence-corrected chi connectivity index (χ3v) is 4.43. The van der Waals surface area contributed by atoms with Crippen molar-refractivity contribution in [2.75, 3.05) is 0 Å². The van der Waals surface area contributed by atoms with Crippen molar-refractivity contribution < 1.29 is 9.50 Å². The van der Waals surface area contributed by atoms with Gasteiger partial charge in [0.15, 0.2) is 0 Å². The second-order valence-electron chi connectivity index (χ2n) is 5.77. The maximum Gasteiger partial charge on any atom is 0.129 e. The van der Waals surface area contributed by atoms with E-state index in [1.165, 1.54) is 12.5 Å². The van der Waals surface area contributed by atoms with Crippen molar-refractivity contribution in [3.8, 4) is 0 Å². The van der Waals surface area contributed by atoms with E-state index in [2.05, 4.69) is 6.07 Å². The van der Waals surface area contributed by atoms with Gasteiger partial charge in [-0.1, -0.05) is 48.9 Å². The molecule has 1 unspecified atom stereocenters. The van der Waals surface area contributed by atoms with Crippen molar-refractivity contribution in [3.05, 3.63) is 71.0 Å². The molecule has 1 N–H and O–H groups in total. The third kappa shape index (κ3) is 2.14. The molecule has 2 aromatic carbocycles. The zero-order chi connectivity index (χ0) is 14.2. The van der Waals surface area contributed by atoms with Crippen LogP contribution in [0.15, 0.2) is 48.5 Å². The van der Waals surface area contributed by atoms with Gasteiger partial charge < -0.3 is 5.11 Å². The Balaban J connectivity index is 2.09. The third-order valence-electron chi connectivity index (χ3n) is 4.43. The van der Waals surface area contributed by atoms with Crippen LogP contribution < -0.4 is 0 Å². The first-order valence-electron chi connectivity index (χ1n) is 7.17. The molecular weight excluding hydrogens is 251 g/mol. The smallest absolute Gasteiger partial charge is 0.129 e. The molecule has 1 atom stereocenters. The van der Waals surface area contributed by atoms with E-state index in [9.17, 15) is 9.50 Å². The quantitative estimate of drug-likeness (QED) is 0.879. The standard InChI is InChI=1S/C18H19FO/c1-18(20,16-11-4-5-12-17(16)19)15-10-3-2-9-14(15)13-7-6-8-13/h2-5,9-13,20H,6-8H2,1H3. The van der Waals surface area contributed by atoms with Crippen LogP contribution in [-0.2, 0) is 5.60 Å². The van der Waals surface area contributed by atoms with E-state index in [0.717, 1.165) is 24.0 Å². The number of hydrogen-bond donors (Lipinski definition) is 1. The van der Waals surface area contributed by atoms with Crippen LogP contribution in [0.4, 0.5) is 4.39 Å². The summed E-state index contributed by atoms with van der Waals surface area (Å²) >= 11 is 0. The van der Waals surface area contributed by atoms with E-state index >= 15 is 0 Å². The van der Waals surface area contributed by atoms with E-state index in [-0.39, 0.29) is 5.82 Å². The molecule has 0 saturated heterocycles. The molecule has 2 aromatic rings. The number of aliphatic hydroxyl groups is 1. The van der Waals surface area contributed by atoms with Gasteiger partial charge in [-0.2, -0.15) is 0 Å². The summed E-state index contributed by atoms with van der Waals surface area (Å²) in [5.74, 6) is 0.144. The van der Waals surface area contributed by atoms with Gasteiger partial charge in [-0.05, 0) is 42.9 Å². The van der Waals surface area contributed by atoms with Crippen molar-refractivity contribution in [2.45, 2.75) is 37.7 Å². The van der Waals surface area contributed by atoms with Crippen LogP contribution in [0.2, 0.25) is 0 Å². The van der Waals surface area contributed by atoms with Crippen LogP contribution in [0, 0.1) is 5.82 Å². The summed E-state index contributed by atoms with van der Waals surface area (Å²) < 4.78 is 14.0. The zero-order valence-electron chi connectivity index (χ0n) is 11.6. The Kier molecular flexibility index (Phi) is 3.35. The van der Waals surface area contributed by atoms with E-state index in [0.29, 0.717) is 11.5 Å². The van der Waals surface area contributed by atoms with Gasteiger partial charge in [0.1, 0.15) is 11.4 Å². The molecule has 104 valence electrons. The fourth-order valence-electron chi connectivity index (χ4n) is 3.02. The molecule has 3 rings (SSSR count). The van der Waals surface area contributed by atoms with E-state index in [1.54, 1.807) is 25.1 Å². The molecule has 1 fully saturated rings. The van der Waals surface area contributed by atoms with Gasteiger partial charge in [0.2, 0.25) is 0 Å². The first kappa shape index (κ1) is 13.3. The Bertz CT molecular complexity index is 614. The molecule has 20 heavy (non-hydrogen) atoms. The van der Waals surface area contributed by atoms with Gasteiger partial charge in [-0.3, -0.25) is 0 Å². The number of hydrogen-bond acceptors (Lipinski definition) is 1. The molecule has 1 aliphatic rings. The molecule has 1 nitrogen and oxygen atoms in total. The van der Waals surface area contributed by atoms with Gasteiger partial charge in [-0.15, -0.1) is 0 Å². The Morgan fingerprint density at radius 2 is 1.60 bits per heavy atom. The highest BCUT2D eigenvalue weighted by Crippen LogP contribution is 2.42. The summed E-state index contributed by atoms with van der Waals surface area (Å²) in [6, 6.07) is 14.4. The molecule has 0 radical (unpaired) electrons. The maximum atomic E-state index is 14.0. The van der Waals surface area contributed by atoms with Crippen molar-refractivity contribution >= 4 is 0 Å². The lowest BCUT2D eigenvalue weighted by Gasteiger charge is -2.33. The molecule has 0 aromatic heterocycles. The fraction of sp³-hybridized carbons (Fsp3) is 0.333. The van der Waals surface area contributed by atoms with Crippen LogP contribution in [-0.4, -0.2) is 5.11 Å². The lowest BCUT2D eigenvalue weighted by molar-refractivity contribution is 0.0958. The average molecular weight is 270 g/mol. The minimum Gasteiger partial charge on any atom is -0.381 e. The van der Waals surface area contributed by atoms with Gasteiger partial charge in [-0.25, -0.2) is 4.39 Å². The molecular formula is C18H19FO. The highest BCUT2D eigenvalue weighted by atomic mass is 19.1. The maximum absolute atomic E-state index is 14.0. The minimum atomic E-state index is -1.29. The summed E-state index contributed by atoms with van der Waals surface area (Å²) in [5, 5.41) is 10.9. The lowest BCUT2D eigenvalue weighted by atomic mass is 9.74. The van der Waals surface area contributed by atoms with E-state index < -0.39 is 5.60 Å². The van der Waals surface area contributed by atoms with Crippen LogP contribution in [0.1, 0.15) is 48.8 Å². The lowest BCUT2D eigenvalue weighted by Crippen LogP contribution is -2.27. The topological polar surface area (TPSA) is 20.2 Å². The predicted octanol–water partition coefficient (Wildman–Crippen LogP) is 4.35. The minimum absolute atomic E-state index is 0.340. The number of halogens is 1. The van der Waals surface area contributed by atoms with Crippen LogP contribution >= 0.6 is 0 Å².